The second-order valence-corrected chi connectivity index (χ2v) is 8.07. The molecule has 2 unspecified atom stereocenters. The predicted octanol–water partition coefficient (Wildman–Crippen LogP) is 2.92. The summed E-state index contributed by atoms with van der Waals surface area (Å²) in [5.74, 6) is 1.61. The second kappa shape index (κ2) is 9.18. The third-order valence-electron chi connectivity index (χ3n) is 5.38. The third kappa shape index (κ3) is 5.67. The molecule has 0 aromatic heterocycles. The molecule has 2 aliphatic rings. The Bertz CT molecular complexity index is 673. The van der Waals surface area contributed by atoms with Gasteiger partial charge in [-0.2, -0.15) is 0 Å². The maximum absolute atomic E-state index is 12.0. The van der Waals surface area contributed by atoms with Gasteiger partial charge in [-0.3, -0.25) is 9.59 Å². The number of piperidine rings is 1. The third-order valence-corrected chi connectivity index (χ3v) is 5.38. The Morgan fingerprint density at radius 1 is 1.19 bits per heavy atom. The lowest BCUT2D eigenvalue weighted by Gasteiger charge is -2.34. The molecule has 146 valence electrons. The fraction of sp³-hybridized carbons (Fsp3) is 0.545. The number of carbonyl (C=O) groups excluding carboxylic acids is 2. The van der Waals surface area contributed by atoms with Gasteiger partial charge in [-0.1, -0.05) is 26.0 Å². The number of hydrogen-bond acceptors (Lipinski definition) is 3. The number of benzene rings is 1. The summed E-state index contributed by atoms with van der Waals surface area (Å²) in [5, 5.41) is 2.97. The number of carbonyl (C=O) groups is 2. The second-order valence-electron chi connectivity index (χ2n) is 8.07. The van der Waals surface area contributed by atoms with Gasteiger partial charge in [-0.05, 0) is 48.4 Å². The van der Waals surface area contributed by atoms with Crippen molar-refractivity contribution in [3.05, 3.63) is 35.9 Å². The Balaban J connectivity index is 1.42. The van der Waals surface area contributed by atoms with Crippen molar-refractivity contribution in [2.45, 2.75) is 33.1 Å². The largest absolute Gasteiger partial charge is 0.351 e. The number of anilines is 1. The van der Waals surface area contributed by atoms with Gasteiger partial charge in [-0.25, -0.2) is 0 Å². The summed E-state index contributed by atoms with van der Waals surface area (Å²) in [5.41, 5.74) is 1.89. The molecule has 0 radical (unpaired) electrons. The van der Waals surface area contributed by atoms with E-state index < -0.39 is 0 Å². The van der Waals surface area contributed by atoms with E-state index in [1.54, 1.807) is 6.08 Å². The van der Waals surface area contributed by atoms with Gasteiger partial charge in [0.1, 0.15) is 0 Å². The summed E-state index contributed by atoms with van der Waals surface area (Å²) in [6, 6.07) is 7.78. The maximum Gasteiger partial charge on any atom is 0.244 e. The highest BCUT2D eigenvalue weighted by atomic mass is 16.2. The molecule has 2 atom stereocenters. The van der Waals surface area contributed by atoms with Gasteiger partial charge in [0.2, 0.25) is 11.8 Å². The first-order chi connectivity index (χ1) is 13.0. The highest BCUT2D eigenvalue weighted by molar-refractivity contribution is 5.95. The molecular weight excluding hydrogens is 338 g/mol. The molecule has 1 aromatic carbocycles. The quantitative estimate of drug-likeness (QED) is 0.785. The molecule has 0 aliphatic carbocycles. The highest BCUT2D eigenvalue weighted by Crippen LogP contribution is 2.22. The lowest BCUT2D eigenvalue weighted by molar-refractivity contribution is -0.117. The Hall–Kier alpha value is -2.14. The minimum absolute atomic E-state index is 0.0631. The monoisotopic (exact) mass is 369 g/mol. The molecule has 0 bridgehead atoms. The van der Waals surface area contributed by atoms with Crippen molar-refractivity contribution >= 4 is 23.6 Å². The van der Waals surface area contributed by atoms with Crippen LogP contribution in [0.4, 0.5) is 5.69 Å². The lowest BCUT2D eigenvalue weighted by Crippen LogP contribution is -2.42. The van der Waals surface area contributed by atoms with E-state index in [9.17, 15) is 9.59 Å². The van der Waals surface area contributed by atoms with E-state index in [0.29, 0.717) is 13.0 Å². The van der Waals surface area contributed by atoms with Crippen LogP contribution < -0.4 is 10.2 Å². The van der Waals surface area contributed by atoms with Crippen LogP contribution in [0.15, 0.2) is 30.3 Å². The van der Waals surface area contributed by atoms with Crippen molar-refractivity contribution in [2.24, 2.45) is 11.8 Å². The highest BCUT2D eigenvalue weighted by Gasteiger charge is 2.22. The molecular formula is C22H31N3O2. The minimum Gasteiger partial charge on any atom is -0.351 e. The van der Waals surface area contributed by atoms with Crippen molar-refractivity contribution in [1.29, 1.82) is 0 Å². The van der Waals surface area contributed by atoms with Gasteiger partial charge < -0.3 is 15.1 Å². The molecule has 5 nitrogen and oxygen atoms in total. The molecule has 1 aromatic rings. The van der Waals surface area contributed by atoms with Crippen molar-refractivity contribution in [2.75, 3.05) is 37.6 Å². The van der Waals surface area contributed by atoms with Crippen LogP contribution in [0.2, 0.25) is 0 Å². The molecule has 2 amide bonds. The van der Waals surface area contributed by atoms with Gasteiger partial charge >= 0.3 is 0 Å². The molecule has 1 N–H and O–H groups in total. The Morgan fingerprint density at radius 2 is 1.89 bits per heavy atom. The molecule has 3 rings (SSSR count). The molecule has 2 heterocycles. The van der Waals surface area contributed by atoms with Crippen LogP contribution in [0.25, 0.3) is 6.08 Å². The zero-order chi connectivity index (χ0) is 19.2. The van der Waals surface area contributed by atoms with Gasteiger partial charge in [0.25, 0.3) is 0 Å². The van der Waals surface area contributed by atoms with E-state index in [4.69, 9.17) is 0 Å². The van der Waals surface area contributed by atoms with Crippen molar-refractivity contribution in [3.8, 4) is 0 Å². The first kappa shape index (κ1) is 19.6. The lowest BCUT2D eigenvalue weighted by atomic mass is 9.92. The van der Waals surface area contributed by atoms with Gasteiger partial charge in [0.15, 0.2) is 0 Å². The van der Waals surface area contributed by atoms with Crippen LogP contribution in [0.5, 0.6) is 0 Å². The zero-order valence-corrected chi connectivity index (χ0v) is 16.5. The Kier molecular flexibility index (Phi) is 6.67. The van der Waals surface area contributed by atoms with E-state index in [2.05, 4.69) is 24.1 Å². The number of hydrogen-bond donors (Lipinski definition) is 1. The maximum atomic E-state index is 12.0. The standard InChI is InChI=1S/C22H31N3O2/c1-17-14-18(2)16-24(15-17)13-11-23-21(26)10-7-19-5-8-20(9-6-19)25-12-3-4-22(25)27/h5-10,17-18H,3-4,11-16H2,1-2H3,(H,23,26). The average Bonchev–Trinajstić information content (AvgIpc) is 3.05. The smallest absolute Gasteiger partial charge is 0.244 e. The molecule has 0 saturated carbocycles. The van der Waals surface area contributed by atoms with Crippen LogP contribution in [0, 0.1) is 11.8 Å². The number of likely N-dealkylation sites (tertiary alicyclic amines) is 1. The predicted molar refractivity (Wildman–Crippen MR) is 109 cm³/mol. The Morgan fingerprint density at radius 3 is 2.52 bits per heavy atom. The number of nitrogens with zero attached hydrogens (tertiary/aromatic N) is 2. The molecule has 27 heavy (non-hydrogen) atoms. The van der Waals surface area contributed by atoms with Gasteiger partial charge in [0.05, 0.1) is 0 Å². The first-order valence-electron chi connectivity index (χ1n) is 10.1. The number of amides is 2. The minimum atomic E-state index is -0.0631. The van der Waals surface area contributed by atoms with Gasteiger partial charge in [-0.15, -0.1) is 0 Å². The van der Waals surface area contributed by atoms with Crippen LogP contribution in [0.1, 0.15) is 38.7 Å². The Labute approximate surface area is 162 Å². The topological polar surface area (TPSA) is 52.7 Å². The molecule has 0 spiro atoms. The van der Waals surface area contributed by atoms with Gasteiger partial charge in [0, 0.05) is 50.9 Å². The van der Waals surface area contributed by atoms with Crippen LogP contribution >= 0.6 is 0 Å². The van der Waals surface area contributed by atoms with E-state index >= 15 is 0 Å². The molecule has 2 saturated heterocycles. The van der Waals surface area contributed by atoms with E-state index in [0.717, 1.165) is 55.7 Å². The molecule has 2 fully saturated rings. The van der Waals surface area contributed by atoms with Crippen LogP contribution in [0.3, 0.4) is 0 Å². The summed E-state index contributed by atoms with van der Waals surface area (Å²) >= 11 is 0. The summed E-state index contributed by atoms with van der Waals surface area (Å²) in [7, 11) is 0. The summed E-state index contributed by atoms with van der Waals surface area (Å²) in [6.07, 6.45) is 6.26. The fourth-order valence-electron chi connectivity index (χ4n) is 4.23. The van der Waals surface area contributed by atoms with Crippen molar-refractivity contribution in [3.63, 3.8) is 0 Å². The summed E-state index contributed by atoms with van der Waals surface area (Å²) in [6.45, 7) is 9.24. The normalized spacial score (nSPS) is 23.9. The van der Waals surface area contributed by atoms with E-state index in [1.807, 2.05) is 35.2 Å². The molecule has 5 heteroatoms. The first-order valence-corrected chi connectivity index (χ1v) is 10.1. The zero-order valence-electron chi connectivity index (χ0n) is 16.5. The summed E-state index contributed by atoms with van der Waals surface area (Å²) in [4.78, 5) is 28.1. The molecule has 2 aliphatic heterocycles. The van der Waals surface area contributed by atoms with E-state index in [1.165, 1.54) is 6.42 Å². The number of rotatable bonds is 6. The SMILES string of the molecule is CC1CC(C)CN(CCNC(=O)C=Cc2ccc(N3CCCC3=O)cc2)C1. The van der Waals surface area contributed by atoms with E-state index in [-0.39, 0.29) is 11.8 Å². The van der Waals surface area contributed by atoms with Crippen molar-refractivity contribution < 1.29 is 9.59 Å². The fourth-order valence-corrected chi connectivity index (χ4v) is 4.23. The average molecular weight is 370 g/mol. The van der Waals surface area contributed by atoms with Crippen LogP contribution in [-0.4, -0.2) is 49.4 Å². The summed E-state index contributed by atoms with van der Waals surface area (Å²) < 4.78 is 0. The van der Waals surface area contributed by atoms with Crippen molar-refractivity contribution in [1.82, 2.24) is 10.2 Å². The number of nitrogens with one attached hydrogen (secondary N) is 1. The van der Waals surface area contributed by atoms with Crippen LogP contribution in [-0.2, 0) is 9.59 Å².